The predicted octanol–water partition coefficient (Wildman–Crippen LogP) is 8.98. The zero-order valence-electron chi connectivity index (χ0n) is 20.6. The van der Waals surface area contributed by atoms with Crippen molar-refractivity contribution in [2.24, 2.45) is 5.92 Å². The molecule has 0 saturated carbocycles. The first-order chi connectivity index (χ1) is 12.4. The van der Waals surface area contributed by atoms with Crippen LogP contribution in [0.4, 0.5) is 0 Å². The molecule has 0 fully saturated rings. The summed E-state index contributed by atoms with van der Waals surface area (Å²) in [7, 11) is -1.79. The van der Waals surface area contributed by atoms with Crippen LogP contribution in [-0.2, 0) is 4.43 Å². The fourth-order valence-electron chi connectivity index (χ4n) is 3.81. The van der Waals surface area contributed by atoms with Gasteiger partial charge in [-0.15, -0.1) is 0 Å². The molecule has 0 radical (unpaired) electrons. The van der Waals surface area contributed by atoms with Crippen LogP contribution < -0.4 is 0 Å². The first-order valence-electron chi connectivity index (χ1n) is 11.8. The first-order valence-corrected chi connectivity index (χ1v) is 22.1. The Balaban J connectivity index is 5.87. The number of hydrogen-bond donors (Lipinski definition) is 0. The van der Waals surface area contributed by atoms with E-state index in [2.05, 4.69) is 68.5 Å². The van der Waals surface area contributed by atoms with E-state index < -0.39 is 26.7 Å². The van der Waals surface area contributed by atoms with Gasteiger partial charge in [-0.2, -0.15) is 0 Å². The van der Waals surface area contributed by atoms with Crippen molar-refractivity contribution in [2.75, 3.05) is 0 Å². The van der Waals surface area contributed by atoms with Crippen molar-refractivity contribution >= 4 is 26.7 Å². The van der Waals surface area contributed by atoms with Gasteiger partial charge in [-0.3, -0.25) is 0 Å². The third kappa shape index (κ3) is 8.54. The van der Waals surface area contributed by atoms with Crippen molar-refractivity contribution in [2.45, 2.75) is 131 Å². The molecule has 0 heterocycles. The Hall–Kier alpha value is 0.716. The Kier molecular flexibility index (Phi) is 12.7. The second-order valence-electron chi connectivity index (χ2n) is 10.7. The average molecular weight is 503 g/mol. The average Bonchev–Trinajstić information content (AvgIpc) is 2.57. The second-order valence-corrected chi connectivity index (χ2v) is 28.8. The van der Waals surface area contributed by atoms with E-state index in [0.29, 0.717) is 5.92 Å². The Morgan fingerprint density at radius 2 is 1.26 bits per heavy atom. The van der Waals surface area contributed by atoms with Crippen molar-refractivity contribution in [3.05, 3.63) is 10.2 Å². The van der Waals surface area contributed by atoms with Crippen molar-refractivity contribution in [1.29, 1.82) is 0 Å². The number of rotatable bonds is 14. The van der Waals surface area contributed by atoms with Gasteiger partial charge in [-0.05, 0) is 0 Å². The summed E-state index contributed by atoms with van der Waals surface area (Å²) in [5, 5.41) is 0.259. The molecule has 3 heteroatoms. The quantitative estimate of drug-likeness (QED) is 0.215. The van der Waals surface area contributed by atoms with Crippen LogP contribution in [-0.4, -0.2) is 32.8 Å². The summed E-state index contributed by atoms with van der Waals surface area (Å²) >= 11 is -2.47. The molecule has 0 rings (SSSR count). The summed E-state index contributed by atoms with van der Waals surface area (Å²) in [5.41, 5.74) is 0. The molecule has 1 unspecified atom stereocenters. The van der Waals surface area contributed by atoms with Crippen LogP contribution in [0.15, 0.2) is 10.2 Å². The van der Waals surface area contributed by atoms with Crippen molar-refractivity contribution in [3.63, 3.8) is 0 Å². The zero-order valence-corrected chi connectivity index (χ0v) is 24.5. The molecule has 0 aliphatic carbocycles. The van der Waals surface area contributed by atoms with Crippen LogP contribution in [0, 0.1) is 5.92 Å². The molecule has 0 aromatic heterocycles. The van der Waals surface area contributed by atoms with E-state index in [4.69, 9.17) is 11.0 Å². The molecule has 1 nitrogen and oxygen atoms in total. The van der Waals surface area contributed by atoms with E-state index in [1.807, 2.05) is 0 Å². The fraction of sp³-hybridized carbons (Fsp3) is 0.917. The molecule has 0 aliphatic heterocycles. The van der Waals surface area contributed by atoms with Gasteiger partial charge in [0.15, 0.2) is 0 Å². The second kappa shape index (κ2) is 12.4. The molecule has 0 bridgehead atoms. The summed E-state index contributed by atoms with van der Waals surface area (Å²) in [6.45, 7) is 28.6. The van der Waals surface area contributed by atoms with E-state index in [0.717, 1.165) is 0 Å². The summed E-state index contributed by atoms with van der Waals surface area (Å²) in [5.74, 6) is 0.535. The minimum absolute atomic E-state index is 0.259. The molecule has 162 valence electrons. The topological polar surface area (TPSA) is 9.23 Å². The monoisotopic (exact) mass is 504 g/mol. The van der Waals surface area contributed by atoms with Gasteiger partial charge in [0.25, 0.3) is 0 Å². The maximum absolute atomic E-state index is 7.06. The normalized spacial score (nSPS) is 14.6. The van der Waals surface area contributed by atoms with E-state index in [-0.39, 0.29) is 11.1 Å². The van der Waals surface area contributed by atoms with Crippen LogP contribution in [0.1, 0.15) is 93.9 Å². The van der Waals surface area contributed by atoms with Gasteiger partial charge >= 0.3 is 179 Å². The summed E-state index contributed by atoms with van der Waals surface area (Å²) < 4.78 is 13.2. The van der Waals surface area contributed by atoms with Crippen LogP contribution in [0.3, 0.4) is 0 Å². The third-order valence-corrected chi connectivity index (χ3v) is 27.3. The van der Waals surface area contributed by atoms with Gasteiger partial charge in [-0.1, -0.05) is 0 Å². The molecular formula is C24H52OSiSn. The van der Waals surface area contributed by atoms with Gasteiger partial charge < -0.3 is 0 Å². The molecule has 0 aliphatic rings. The number of hydrogen-bond acceptors (Lipinski definition) is 1. The summed E-state index contributed by atoms with van der Waals surface area (Å²) in [6.07, 6.45) is 8.43. The molecule has 0 aromatic carbocycles. The summed E-state index contributed by atoms with van der Waals surface area (Å²) in [6, 6.07) is 0. The molecule has 1 atom stereocenters. The third-order valence-electron chi connectivity index (χ3n) is 6.88. The Bertz CT molecular complexity index is 401. The Morgan fingerprint density at radius 3 is 1.52 bits per heavy atom. The zero-order chi connectivity index (χ0) is 21.3. The van der Waals surface area contributed by atoms with Gasteiger partial charge in [0.05, 0.1) is 0 Å². The van der Waals surface area contributed by atoms with Crippen molar-refractivity contribution in [1.82, 2.24) is 0 Å². The predicted molar refractivity (Wildman–Crippen MR) is 131 cm³/mol. The maximum atomic E-state index is 7.06. The Morgan fingerprint density at radius 1 is 0.889 bits per heavy atom. The van der Waals surface area contributed by atoms with Crippen molar-refractivity contribution < 1.29 is 4.43 Å². The molecule has 0 spiro atoms. The number of unbranched alkanes of at least 4 members (excludes halogenated alkanes) is 3. The van der Waals surface area contributed by atoms with Gasteiger partial charge in [0.2, 0.25) is 0 Å². The van der Waals surface area contributed by atoms with E-state index in [1.54, 1.807) is 3.59 Å². The molecular weight excluding hydrogens is 451 g/mol. The molecule has 0 aromatic rings. The molecule has 0 saturated heterocycles. The first kappa shape index (κ1) is 27.7. The van der Waals surface area contributed by atoms with Gasteiger partial charge in [-0.25, -0.2) is 0 Å². The van der Waals surface area contributed by atoms with Crippen molar-refractivity contribution in [3.8, 4) is 0 Å². The SMILES string of the molecule is C=[C](C(O[Si](C)(C)C(C)(C)C)C(C)C)[Sn]([CH2]CCC)([CH2]CCC)[CH2]CCC. The van der Waals surface area contributed by atoms with Gasteiger partial charge in [0, 0.05) is 0 Å². The van der Waals surface area contributed by atoms with Gasteiger partial charge in [0.1, 0.15) is 0 Å². The Labute approximate surface area is 178 Å². The van der Waals surface area contributed by atoms with Crippen LogP contribution in [0.25, 0.3) is 0 Å². The van der Waals surface area contributed by atoms with Crippen LogP contribution in [0.2, 0.25) is 31.4 Å². The molecule has 27 heavy (non-hydrogen) atoms. The van der Waals surface area contributed by atoms with E-state index >= 15 is 0 Å². The van der Waals surface area contributed by atoms with E-state index in [1.165, 1.54) is 51.8 Å². The molecule has 0 N–H and O–H groups in total. The molecule has 0 amide bonds. The minimum atomic E-state index is -2.47. The standard InChI is InChI=1S/C12H25OSi.3C4H9.Sn/c1-9-11(10(2)3)13-14(7,8)12(4,5)6;3*1-3-4-2;/h10-11H,1H2,2-8H3;3*1,3-4H2,2H3;. The van der Waals surface area contributed by atoms with Crippen LogP contribution >= 0.6 is 0 Å². The summed E-state index contributed by atoms with van der Waals surface area (Å²) in [4.78, 5) is 0. The van der Waals surface area contributed by atoms with E-state index in [9.17, 15) is 0 Å². The fourth-order valence-corrected chi connectivity index (χ4v) is 22.1. The van der Waals surface area contributed by atoms with Crippen LogP contribution in [0.5, 0.6) is 0 Å².